The van der Waals surface area contributed by atoms with Crippen molar-refractivity contribution in [3.63, 3.8) is 0 Å². The monoisotopic (exact) mass is 208 g/mol. The lowest BCUT2D eigenvalue weighted by Crippen LogP contribution is -2.56. The van der Waals surface area contributed by atoms with Gasteiger partial charge < -0.3 is 5.32 Å². The molecule has 2 aliphatic rings. The Hall–Kier alpha value is -0.410. The van der Waals surface area contributed by atoms with E-state index in [2.05, 4.69) is 15.7 Å². The number of aromatic nitrogens is 1. The van der Waals surface area contributed by atoms with Gasteiger partial charge in [-0.3, -0.25) is 0 Å². The van der Waals surface area contributed by atoms with Gasteiger partial charge in [0.1, 0.15) is 0 Å². The Morgan fingerprint density at radius 2 is 2.21 bits per heavy atom. The summed E-state index contributed by atoms with van der Waals surface area (Å²) in [6.45, 7) is 1.22. The smallest absolute Gasteiger partial charge is 0.0795 e. The number of hydrogen-bond donors (Lipinski definition) is 1. The number of thiazole rings is 1. The molecule has 0 radical (unpaired) electrons. The van der Waals surface area contributed by atoms with Crippen molar-refractivity contribution in [3.8, 4) is 0 Å². The minimum absolute atomic E-state index is 0.564. The number of nitrogens with zero attached hydrogens (tertiary/aromatic N) is 1. The van der Waals surface area contributed by atoms with Crippen LogP contribution in [-0.4, -0.2) is 11.5 Å². The number of nitrogens with one attached hydrogen (secondary N) is 1. The Morgan fingerprint density at radius 3 is 2.79 bits per heavy atom. The van der Waals surface area contributed by atoms with E-state index in [-0.39, 0.29) is 0 Å². The zero-order valence-electron chi connectivity index (χ0n) is 8.33. The van der Waals surface area contributed by atoms with Gasteiger partial charge in [0.05, 0.1) is 17.2 Å². The second-order valence-electron chi connectivity index (χ2n) is 4.65. The molecule has 1 spiro atoms. The summed E-state index contributed by atoms with van der Waals surface area (Å²) in [7, 11) is 0. The van der Waals surface area contributed by atoms with E-state index >= 15 is 0 Å². The molecule has 0 amide bonds. The van der Waals surface area contributed by atoms with Crippen LogP contribution >= 0.6 is 11.3 Å². The zero-order chi connectivity index (χ0) is 9.43. The summed E-state index contributed by atoms with van der Waals surface area (Å²) in [6, 6.07) is 0.564. The molecular formula is C11H16N2S. The first-order valence-corrected chi connectivity index (χ1v) is 6.46. The fourth-order valence-corrected chi connectivity index (χ4v) is 3.58. The highest BCUT2D eigenvalue weighted by molar-refractivity contribution is 7.07. The molecule has 1 saturated carbocycles. The first-order chi connectivity index (χ1) is 6.91. The van der Waals surface area contributed by atoms with Crippen LogP contribution in [-0.2, 0) is 0 Å². The molecule has 2 nitrogen and oxygen atoms in total. The lowest BCUT2D eigenvalue weighted by molar-refractivity contribution is 0.0340. The second kappa shape index (κ2) is 3.31. The van der Waals surface area contributed by atoms with Crippen molar-refractivity contribution < 1.29 is 0 Å². The van der Waals surface area contributed by atoms with E-state index in [0.29, 0.717) is 11.5 Å². The molecule has 3 heteroatoms. The molecule has 2 fully saturated rings. The fourth-order valence-electron chi connectivity index (χ4n) is 3.00. The first-order valence-electron chi connectivity index (χ1n) is 5.52. The molecule has 0 bridgehead atoms. The Labute approximate surface area is 88.7 Å². The molecule has 1 aromatic heterocycles. The molecule has 1 N–H and O–H groups in total. The van der Waals surface area contributed by atoms with Gasteiger partial charge in [-0.15, -0.1) is 11.3 Å². The van der Waals surface area contributed by atoms with Crippen LogP contribution in [0, 0.1) is 5.41 Å². The highest BCUT2D eigenvalue weighted by atomic mass is 32.1. The Morgan fingerprint density at radius 1 is 1.36 bits per heavy atom. The van der Waals surface area contributed by atoms with Gasteiger partial charge in [0.15, 0.2) is 0 Å². The van der Waals surface area contributed by atoms with Crippen molar-refractivity contribution in [2.45, 2.75) is 38.1 Å². The third-order valence-electron chi connectivity index (χ3n) is 3.87. The second-order valence-corrected chi connectivity index (χ2v) is 5.37. The fraction of sp³-hybridized carbons (Fsp3) is 0.727. The third-order valence-corrected chi connectivity index (χ3v) is 4.47. The highest BCUT2D eigenvalue weighted by Gasteiger charge is 2.48. The Balaban J connectivity index is 1.81. The molecule has 1 saturated heterocycles. The van der Waals surface area contributed by atoms with Crippen LogP contribution < -0.4 is 5.32 Å². The molecule has 14 heavy (non-hydrogen) atoms. The van der Waals surface area contributed by atoms with Crippen LogP contribution in [0.25, 0.3) is 0 Å². The zero-order valence-corrected chi connectivity index (χ0v) is 9.15. The largest absolute Gasteiger partial charge is 0.307 e. The lowest BCUT2D eigenvalue weighted by Gasteiger charge is -2.52. The minimum atomic E-state index is 0.564. The molecular weight excluding hydrogens is 192 g/mol. The van der Waals surface area contributed by atoms with E-state index < -0.39 is 0 Å². The summed E-state index contributed by atoms with van der Waals surface area (Å²) >= 11 is 1.71. The first kappa shape index (κ1) is 8.86. The normalized spacial score (nSPS) is 30.1. The predicted molar refractivity (Wildman–Crippen MR) is 58.4 cm³/mol. The Bertz CT molecular complexity index is 301. The van der Waals surface area contributed by atoms with E-state index in [9.17, 15) is 0 Å². The third kappa shape index (κ3) is 1.22. The Kier molecular flexibility index (Phi) is 2.10. The van der Waals surface area contributed by atoms with E-state index in [1.165, 1.54) is 44.3 Å². The molecule has 1 aliphatic heterocycles. The quantitative estimate of drug-likeness (QED) is 0.767. The van der Waals surface area contributed by atoms with Gasteiger partial charge in [0.2, 0.25) is 0 Å². The number of rotatable bonds is 1. The van der Waals surface area contributed by atoms with E-state index in [1.807, 2.05) is 5.51 Å². The van der Waals surface area contributed by atoms with Crippen LogP contribution in [0.5, 0.6) is 0 Å². The molecule has 1 aliphatic carbocycles. The van der Waals surface area contributed by atoms with Crippen LogP contribution in [0.2, 0.25) is 0 Å². The molecule has 1 aromatic rings. The molecule has 3 rings (SSSR count). The minimum Gasteiger partial charge on any atom is -0.307 e. The molecule has 1 atom stereocenters. The van der Waals surface area contributed by atoms with Crippen molar-refractivity contribution in [2.75, 3.05) is 6.54 Å². The average Bonchev–Trinajstić information content (AvgIpc) is 2.71. The van der Waals surface area contributed by atoms with E-state index in [4.69, 9.17) is 0 Å². The van der Waals surface area contributed by atoms with Gasteiger partial charge in [-0.05, 0) is 12.8 Å². The summed E-state index contributed by atoms with van der Waals surface area (Å²) in [5, 5.41) is 5.75. The van der Waals surface area contributed by atoms with Crippen LogP contribution in [0.3, 0.4) is 0 Å². The summed E-state index contributed by atoms with van der Waals surface area (Å²) in [6.07, 6.45) is 7.08. The van der Waals surface area contributed by atoms with Gasteiger partial charge in [-0.25, -0.2) is 4.98 Å². The predicted octanol–water partition coefficient (Wildman–Crippen LogP) is 2.74. The van der Waals surface area contributed by atoms with Gasteiger partial charge in [-0.2, -0.15) is 0 Å². The van der Waals surface area contributed by atoms with Crippen LogP contribution in [0.4, 0.5) is 0 Å². The standard InChI is InChI=1S/C11H16N2S/c1-2-4-11(5-3-1)7-12-10(11)9-6-14-8-13-9/h6,8,10,12H,1-5,7H2. The highest BCUT2D eigenvalue weighted by Crippen LogP contribution is 2.50. The molecule has 1 unspecified atom stereocenters. The molecule has 0 aromatic carbocycles. The number of hydrogen-bond acceptors (Lipinski definition) is 3. The van der Waals surface area contributed by atoms with Crippen molar-refractivity contribution in [2.24, 2.45) is 5.41 Å². The SMILES string of the molecule is c1nc(C2NCC23CCCCC3)cs1. The van der Waals surface area contributed by atoms with Crippen LogP contribution in [0.1, 0.15) is 43.8 Å². The van der Waals surface area contributed by atoms with Crippen molar-refractivity contribution in [1.29, 1.82) is 0 Å². The average molecular weight is 208 g/mol. The van der Waals surface area contributed by atoms with Gasteiger partial charge >= 0.3 is 0 Å². The summed E-state index contributed by atoms with van der Waals surface area (Å²) in [5.41, 5.74) is 3.81. The topological polar surface area (TPSA) is 24.9 Å². The van der Waals surface area contributed by atoms with Gasteiger partial charge in [0, 0.05) is 17.3 Å². The summed E-state index contributed by atoms with van der Waals surface area (Å²) in [4.78, 5) is 4.44. The van der Waals surface area contributed by atoms with E-state index in [1.54, 1.807) is 11.3 Å². The maximum Gasteiger partial charge on any atom is 0.0795 e. The van der Waals surface area contributed by atoms with E-state index in [0.717, 1.165) is 0 Å². The van der Waals surface area contributed by atoms with Gasteiger partial charge in [0.25, 0.3) is 0 Å². The molecule has 2 heterocycles. The van der Waals surface area contributed by atoms with Crippen molar-refractivity contribution in [3.05, 3.63) is 16.6 Å². The maximum absolute atomic E-state index is 4.44. The van der Waals surface area contributed by atoms with Crippen molar-refractivity contribution in [1.82, 2.24) is 10.3 Å². The summed E-state index contributed by atoms with van der Waals surface area (Å²) in [5.74, 6) is 0. The summed E-state index contributed by atoms with van der Waals surface area (Å²) < 4.78 is 0. The lowest BCUT2D eigenvalue weighted by atomic mass is 9.63. The molecule has 76 valence electrons. The van der Waals surface area contributed by atoms with Crippen molar-refractivity contribution >= 4 is 11.3 Å². The van der Waals surface area contributed by atoms with Crippen LogP contribution in [0.15, 0.2) is 10.9 Å². The maximum atomic E-state index is 4.44. The van der Waals surface area contributed by atoms with Gasteiger partial charge in [-0.1, -0.05) is 19.3 Å².